The predicted octanol–water partition coefficient (Wildman–Crippen LogP) is 0.616. The van der Waals surface area contributed by atoms with E-state index in [0.29, 0.717) is 6.04 Å². The normalized spacial score (nSPS) is 24.3. The van der Waals surface area contributed by atoms with Crippen LogP contribution in [0.1, 0.15) is 24.4 Å². The zero-order valence-electron chi connectivity index (χ0n) is 6.02. The number of hydrogen-bond donors (Lipinski definition) is 2. The van der Waals surface area contributed by atoms with E-state index in [1.165, 1.54) is 11.4 Å². The molecule has 1 aliphatic heterocycles. The SMILES string of the molecule is C[C@H]1NCCc2[nH]cnc21. The summed E-state index contributed by atoms with van der Waals surface area (Å²) in [5, 5.41) is 3.34. The van der Waals surface area contributed by atoms with Crippen LogP contribution in [0.5, 0.6) is 0 Å². The minimum Gasteiger partial charge on any atom is -0.348 e. The van der Waals surface area contributed by atoms with Gasteiger partial charge in [0.2, 0.25) is 0 Å². The van der Waals surface area contributed by atoms with Gasteiger partial charge < -0.3 is 10.3 Å². The standard InChI is InChI=1S/C7H11N3/c1-5-7-6(2-3-8-5)9-4-10-7/h4-5,8H,2-3H2,1H3,(H,9,10)/t5-/m1/s1. The average Bonchev–Trinajstić information content (AvgIpc) is 2.36. The van der Waals surface area contributed by atoms with Crippen molar-refractivity contribution in [2.24, 2.45) is 0 Å². The molecule has 54 valence electrons. The number of fused-ring (bicyclic) bond motifs is 1. The first-order chi connectivity index (χ1) is 4.88. The Bertz CT molecular complexity index is 229. The summed E-state index contributed by atoms with van der Waals surface area (Å²) in [6.45, 7) is 3.20. The van der Waals surface area contributed by atoms with Crippen LogP contribution in [0.15, 0.2) is 6.33 Å². The van der Waals surface area contributed by atoms with Gasteiger partial charge in [-0.15, -0.1) is 0 Å². The van der Waals surface area contributed by atoms with Gasteiger partial charge in [0.05, 0.1) is 12.0 Å². The van der Waals surface area contributed by atoms with Gasteiger partial charge in [-0.1, -0.05) is 0 Å². The summed E-state index contributed by atoms with van der Waals surface area (Å²) in [6.07, 6.45) is 2.86. The lowest BCUT2D eigenvalue weighted by Crippen LogP contribution is -2.27. The van der Waals surface area contributed by atoms with Gasteiger partial charge in [0.15, 0.2) is 0 Å². The summed E-state index contributed by atoms with van der Waals surface area (Å²) in [7, 11) is 0. The molecule has 3 heteroatoms. The van der Waals surface area contributed by atoms with E-state index >= 15 is 0 Å². The highest BCUT2D eigenvalue weighted by atomic mass is 15.0. The third kappa shape index (κ3) is 0.743. The quantitative estimate of drug-likeness (QED) is 0.550. The second-order valence-corrected chi connectivity index (χ2v) is 2.69. The Morgan fingerprint density at radius 3 is 3.40 bits per heavy atom. The van der Waals surface area contributed by atoms with Gasteiger partial charge >= 0.3 is 0 Å². The summed E-state index contributed by atoms with van der Waals surface area (Å²) in [5.74, 6) is 0. The molecule has 0 unspecified atom stereocenters. The molecule has 1 aromatic rings. The Morgan fingerprint density at radius 1 is 1.70 bits per heavy atom. The first-order valence-electron chi connectivity index (χ1n) is 3.63. The van der Waals surface area contributed by atoms with Crippen LogP contribution in [-0.4, -0.2) is 16.5 Å². The molecular formula is C7H11N3. The topological polar surface area (TPSA) is 40.7 Å². The monoisotopic (exact) mass is 137 g/mol. The van der Waals surface area contributed by atoms with E-state index < -0.39 is 0 Å². The minimum atomic E-state index is 0.426. The van der Waals surface area contributed by atoms with Crippen molar-refractivity contribution in [2.45, 2.75) is 19.4 Å². The third-order valence-corrected chi connectivity index (χ3v) is 1.99. The molecule has 2 N–H and O–H groups in total. The fourth-order valence-corrected chi connectivity index (χ4v) is 1.42. The van der Waals surface area contributed by atoms with Gasteiger partial charge in [-0.2, -0.15) is 0 Å². The summed E-state index contributed by atoms with van der Waals surface area (Å²) in [6, 6.07) is 0.426. The Labute approximate surface area is 59.9 Å². The van der Waals surface area contributed by atoms with E-state index in [9.17, 15) is 0 Å². The van der Waals surface area contributed by atoms with E-state index in [0.717, 1.165) is 13.0 Å². The number of nitrogens with zero attached hydrogens (tertiary/aromatic N) is 1. The Hall–Kier alpha value is -0.830. The van der Waals surface area contributed by atoms with Crippen molar-refractivity contribution in [2.75, 3.05) is 6.54 Å². The second-order valence-electron chi connectivity index (χ2n) is 2.69. The van der Waals surface area contributed by atoms with Crippen LogP contribution < -0.4 is 5.32 Å². The maximum atomic E-state index is 4.22. The lowest BCUT2D eigenvalue weighted by molar-refractivity contribution is 0.527. The van der Waals surface area contributed by atoms with Crippen LogP contribution in [0.3, 0.4) is 0 Å². The molecule has 1 aromatic heterocycles. The van der Waals surface area contributed by atoms with Crippen molar-refractivity contribution in [3.8, 4) is 0 Å². The van der Waals surface area contributed by atoms with E-state index in [4.69, 9.17) is 0 Å². The van der Waals surface area contributed by atoms with E-state index in [1.54, 1.807) is 6.33 Å². The molecule has 0 bridgehead atoms. The predicted molar refractivity (Wildman–Crippen MR) is 38.7 cm³/mol. The van der Waals surface area contributed by atoms with E-state index in [2.05, 4.69) is 22.2 Å². The molecule has 0 aromatic carbocycles. The first-order valence-corrected chi connectivity index (χ1v) is 3.63. The number of nitrogens with one attached hydrogen (secondary N) is 2. The number of H-pyrrole nitrogens is 1. The average molecular weight is 137 g/mol. The van der Waals surface area contributed by atoms with E-state index in [-0.39, 0.29) is 0 Å². The van der Waals surface area contributed by atoms with Crippen LogP contribution in [0.4, 0.5) is 0 Å². The number of imidazole rings is 1. The molecule has 0 saturated carbocycles. The molecule has 0 spiro atoms. The Kier molecular flexibility index (Phi) is 1.24. The smallest absolute Gasteiger partial charge is 0.0925 e. The minimum absolute atomic E-state index is 0.426. The van der Waals surface area contributed by atoms with Crippen LogP contribution in [-0.2, 0) is 6.42 Å². The molecule has 0 radical (unpaired) electrons. The first kappa shape index (κ1) is 5.92. The van der Waals surface area contributed by atoms with Crippen LogP contribution >= 0.6 is 0 Å². The summed E-state index contributed by atoms with van der Waals surface area (Å²) < 4.78 is 0. The Balaban J connectivity index is 2.41. The van der Waals surface area contributed by atoms with Gasteiger partial charge in [0.25, 0.3) is 0 Å². The summed E-state index contributed by atoms with van der Waals surface area (Å²) >= 11 is 0. The molecule has 2 rings (SSSR count). The fraction of sp³-hybridized carbons (Fsp3) is 0.571. The number of hydrogen-bond acceptors (Lipinski definition) is 2. The van der Waals surface area contributed by atoms with Crippen LogP contribution in [0, 0.1) is 0 Å². The molecular weight excluding hydrogens is 126 g/mol. The van der Waals surface area contributed by atoms with Crippen LogP contribution in [0.25, 0.3) is 0 Å². The molecule has 0 fully saturated rings. The molecule has 0 aliphatic carbocycles. The van der Waals surface area contributed by atoms with Gasteiger partial charge in [-0.05, 0) is 6.92 Å². The molecule has 1 aliphatic rings. The number of aromatic amines is 1. The maximum Gasteiger partial charge on any atom is 0.0925 e. The Morgan fingerprint density at radius 2 is 2.60 bits per heavy atom. The molecule has 0 amide bonds. The molecule has 3 nitrogen and oxygen atoms in total. The zero-order chi connectivity index (χ0) is 6.97. The van der Waals surface area contributed by atoms with Crippen molar-refractivity contribution in [3.05, 3.63) is 17.7 Å². The van der Waals surface area contributed by atoms with Crippen molar-refractivity contribution >= 4 is 0 Å². The van der Waals surface area contributed by atoms with Crippen molar-refractivity contribution in [1.82, 2.24) is 15.3 Å². The summed E-state index contributed by atoms with van der Waals surface area (Å²) in [4.78, 5) is 7.36. The summed E-state index contributed by atoms with van der Waals surface area (Å²) in [5.41, 5.74) is 2.48. The largest absolute Gasteiger partial charge is 0.348 e. The highest BCUT2D eigenvalue weighted by molar-refractivity contribution is 5.17. The highest BCUT2D eigenvalue weighted by Crippen LogP contribution is 2.17. The van der Waals surface area contributed by atoms with Crippen molar-refractivity contribution in [3.63, 3.8) is 0 Å². The van der Waals surface area contributed by atoms with Gasteiger partial charge in [-0.3, -0.25) is 0 Å². The van der Waals surface area contributed by atoms with Crippen molar-refractivity contribution < 1.29 is 0 Å². The molecule has 1 atom stereocenters. The van der Waals surface area contributed by atoms with Gasteiger partial charge in [-0.25, -0.2) is 4.98 Å². The lowest BCUT2D eigenvalue weighted by atomic mass is 10.1. The van der Waals surface area contributed by atoms with Gasteiger partial charge in [0, 0.05) is 24.7 Å². The molecule has 10 heavy (non-hydrogen) atoms. The van der Waals surface area contributed by atoms with E-state index in [1.807, 2.05) is 0 Å². The van der Waals surface area contributed by atoms with Crippen LogP contribution in [0.2, 0.25) is 0 Å². The number of rotatable bonds is 0. The third-order valence-electron chi connectivity index (χ3n) is 1.99. The molecule has 2 heterocycles. The second kappa shape index (κ2) is 2.09. The van der Waals surface area contributed by atoms with Gasteiger partial charge in [0.1, 0.15) is 0 Å². The highest BCUT2D eigenvalue weighted by Gasteiger charge is 2.16. The lowest BCUT2D eigenvalue weighted by Gasteiger charge is -2.18. The zero-order valence-corrected chi connectivity index (χ0v) is 6.02. The maximum absolute atomic E-state index is 4.22. The number of aromatic nitrogens is 2. The fourth-order valence-electron chi connectivity index (χ4n) is 1.42. The van der Waals surface area contributed by atoms with Crippen molar-refractivity contribution in [1.29, 1.82) is 0 Å². The molecule has 0 saturated heterocycles.